The van der Waals surface area contributed by atoms with Crippen LogP contribution in [0.25, 0.3) is 0 Å². The van der Waals surface area contributed by atoms with Gasteiger partial charge in [0.25, 0.3) is 5.91 Å². The lowest BCUT2D eigenvalue weighted by Gasteiger charge is -2.09. The minimum Gasteiger partial charge on any atom is -0.348 e. The average Bonchev–Trinajstić information content (AvgIpc) is 2.45. The van der Waals surface area contributed by atoms with Gasteiger partial charge in [0.05, 0.1) is 5.56 Å². The topological polar surface area (TPSA) is 29.1 Å². The van der Waals surface area contributed by atoms with Crippen molar-refractivity contribution in [3.05, 3.63) is 68.8 Å². The molecule has 0 saturated carbocycles. The van der Waals surface area contributed by atoms with E-state index in [2.05, 4.69) is 66.0 Å². The lowest BCUT2D eigenvalue weighted by molar-refractivity contribution is 0.0950. The highest BCUT2D eigenvalue weighted by atomic mass is 127. The lowest BCUT2D eigenvalue weighted by Crippen LogP contribution is -2.23. The van der Waals surface area contributed by atoms with Crippen LogP contribution in [0.2, 0.25) is 0 Å². The maximum Gasteiger partial charge on any atom is 0.252 e. The second kappa shape index (κ2) is 6.88. The van der Waals surface area contributed by atoms with Crippen LogP contribution in [0, 0.1) is 3.57 Å². The SMILES string of the molecule is CC(C)c1ccc(CNC(=O)c2ccccc2I)cc1. The predicted molar refractivity (Wildman–Crippen MR) is 90.9 cm³/mol. The van der Waals surface area contributed by atoms with Gasteiger partial charge in [-0.2, -0.15) is 0 Å². The van der Waals surface area contributed by atoms with Crippen molar-refractivity contribution in [1.82, 2.24) is 5.32 Å². The van der Waals surface area contributed by atoms with Gasteiger partial charge < -0.3 is 5.32 Å². The summed E-state index contributed by atoms with van der Waals surface area (Å²) in [6, 6.07) is 16.0. The molecule has 2 rings (SSSR count). The molecule has 2 aromatic carbocycles. The van der Waals surface area contributed by atoms with Crippen LogP contribution in [0.15, 0.2) is 48.5 Å². The summed E-state index contributed by atoms with van der Waals surface area (Å²) >= 11 is 2.18. The quantitative estimate of drug-likeness (QED) is 0.787. The second-order valence-electron chi connectivity index (χ2n) is 5.06. The van der Waals surface area contributed by atoms with E-state index in [0.717, 1.165) is 14.7 Å². The number of rotatable bonds is 4. The van der Waals surface area contributed by atoms with Gasteiger partial charge in [0.1, 0.15) is 0 Å². The Bertz CT molecular complexity index is 590. The molecule has 0 unspecified atom stereocenters. The number of amides is 1. The zero-order chi connectivity index (χ0) is 14.5. The van der Waals surface area contributed by atoms with Gasteiger partial charge >= 0.3 is 0 Å². The molecule has 0 bridgehead atoms. The number of halogens is 1. The zero-order valence-electron chi connectivity index (χ0n) is 11.7. The van der Waals surface area contributed by atoms with Crippen molar-refractivity contribution in [2.24, 2.45) is 0 Å². The Morgan fingerprint density at radius 3 is 2.35 bits per heavy atom. The Morgan fingerprint density at radius 1 is 1.10 bits per heavy atom. The van der Waals surface area contributed by atoms with Crippen LogP contribution in [0.5, 0.6) is 0 Å². The molecule has 0 fully saturated rings. The highest BCUT2D eigenvalue weighted by molar-refractivity contribution is 14.1. The summed E-state index contributed by atoms with van der Waals surface area (Å²) in [7, 11) is 0. The van der Waals surface area contributed by atoms with Gasteiger partial charge in [-0.15, -0.1) is 0 Å². The van der Waals surface area contributed by atoms with Gasteiger partial charge in [0.2, 0.25) is 0 Å². The molecular formula is C17H18INO. The molecule has 0 aliphatic heterocycles. The Kier molecular flexibility index (Phi) is 5.17. The largest absolute Gasteiger partial charge is 0.348 e. The molecule has 3 heteroatoms. The van der Waals surface area contributed by atoms with Gasteiger partial charge in [-0.3, -0.25) is 4.79 Å². The van der Waals surface area contributed by atoms with Gasteiger partial charge in [0.15, 0.2) is 0 Å². The number of carbonyl (C=O) groups excluding carboxylic acids is 1. The first-order chi connectivity index (χ1) is 9.58. The van der Waals surface area contributed by atoms with Crippen molar-refractivity contribution in [1.29, 1.82) is 0 Å². The van der Waals surface area contributed by atoms with Crippen molar-refractivity contribution in [3.8, 4) is 0 Å². The maximum atomic E-state index is 12.1. The summed E-state index contributed by atoms with van der Waals surface area (Å²) < 4.78 is 0.970. The van der Waals surface area contributed by atoms with Gasteiger partial charge in [-0.25, -0.2) is 0 Å². The number of hydrogen-bond acceptors (Lipinski definition) is 1. The molecule has 0 radical (unpaired) electrons. The van der Waals surface area contributed by atoms with E-state index in [9.17, 15) is 4.79 Å². The molecule has 0 aromatic heterocycles. The third-order valence-electron chi connectivity index (χ3n) is 3.22. The summed E-state index contributed by atoms with van der Waals surface area (Å²) in [5.74, 6) is 0.507. The normalized spacial score (nSPS) is 10.6. The summed E-state index contributed by atoms with van der Waals surface area (Å²) in [6.07, 6.45) is 0. The highest BCUT2D eigenvalue weighted by Gasteiger charge is 2.08. The van der Waals surface area contributed by atoms with E-state index in [1.54, 1.807) is 0 Å². The van der Waals surface area contributed by atoms with E-state index >= 15 is 0 Å². The smallest absolute Gasteiger partial charge is 0.252 e. The minimum absolute atomic E-state index is 0.0251. The molecule has 20 heavy (non-hydrogen) atoms. The van der Waals surface area contributed by atoms with Crippen LogP contribution in [0.4, 0.5) is 0 Å². The number of nitrogens with one attached hydrogen (secondary N) is 1. The molecule has 0 aliphatic carbocycles. The summed E-state index contributed by atoms with van der Waals surface area (Å²) in [4.78, 5) is 12.1. The van der Waals surface area contributed by atoms with Gasteiger partial charge in [-0.1, -0.05) is 50.2 Å². The van der Waals surface area contributed by atoms with Crippen molar-refractivity contribution in [3.63, 3.8) is 0 Å². The average molecular weight is 379 g/mol. The monoisotopic (exact) mass is 379 g/mol. The summed E-state index contributed by atoms with van der Waals surface area (Å²) in [5.41, 5.74) is 3.17. The fraction of sp³-hybridized carbons (Fsp3) is 0.235. The molecule has 104 valence electrons. The molecule has 0 saturated heterocycles. The Hall–Kier alpha value is -1.36. The van der Waals surface area contributed by atoms with Crippen LogP contribution in [-0.4, -0.2) is 5.91 Å². The van der Waals surface area contributed by atoms with Crippen LogP contribution < -0.4 is 5.32 Å². The van der Waals surface area contributed by atoms with Crippen molar-refractivity contribution < 1.29 is 4.79 Å². The number of hydrogen-bond donors (Lipinski definition) is 1. The van der Waals surface area contributed by atoms with Gasteiger partial charge in [0, 0.05) is 10.1 Å². The molecule has 0 atom stereocenters. The first kappa shape index (κ1) is 15.0. The third-order valence-corrected chi connectivity index (χ3v) is 4.16. The molecule has 2 aromatic rings. The summed E-state index contributed by atoms with van der Waals surface area (Å²) in [6.45, 7) is 4.91. The fourth-order valence-electron chi connectivity index (χ4n) is 1.94. The molecule has 0 spiro atoms. The molecule has 1 N–H and O–H groups in total. The van der Waals surface area contributed by atoms with E-state index in [0.29, 0.717) is 12.5 Å². The van der Waals surface area contributed by atoms with Crippen molar-refractivity contribution >= 4 is 28.5 Å². The zero-order valence-corrected chi connectivity index (χ0v) is 13.8. The van der Waals surface area contributed by atoms with Crippen LogP contribution in [-0.2, 0) is 6.54 Å². The van der Waals surface area contributed by atoms with Crippen molar-refractivity contribution in [2.75, 3.05) is 0 Å². The molecular weight excluding hydrogens is 361 g/mol. The standard InChI is InChI=1S/C17H18INO/c1-12(2)14-9-7-13(8-10-14)11-19-17(20)15-5-3-4-6-16(15)18/h3-10,12H,11H2,1-2H3,(H,19,20). The van der Waals surface area contributed by atoms with E-state index in [-0.39, 0.29) is 5.91 Å². The Morgan fingerprint density at radius 2 is 1.75 bits per heavy atom. The minimum atomic E-state index is -0.0251. The predicted octanol–water partition coefficient (Wildman–Crippen LogP) is 4.34. The van der Waals surface area contributed by atoms with E-state index in [1.165, 1.54) is 5.56 Å². The number of carbonyl (C=O) groups is 1. The Balaban J connectivity index is 1.98. The van der Waals surface area contributed by atoms with Crippen LogP contribution >= 0.6 is 22.6 Å². The first-order valence-electron chi connectivity index (χ1n) is 6.69. The maximum absolute atomic E-state index is 12.1. The van der Waals surface area contributed by atoms with Crippen LogP contribution in [0.3, 0.4) is 0 Å². The molecule has 0 aliphatic rings. The van der Waals surface area contributed by atoms with E-state index in [1.807, 2.05) is 24.3 Å². The molecule has 2 nitrogen and oxygen atoms in total. The second-order valence-corrected chi connectivity index (χ2v) is 6.22. The summed E-state index contributed by atoms with van der Waals surface area (Å²) in [5, 5.41) is 2.96. The molecule has 0 heterocycles. The fourth-order valence-corrected chi connectivity index (χ4v) is 2.58. The highest BCUT2D eigenvalue weighted by Crippen LogP contribution is 2.15. The van der Waals surface area contributed by atoms with Gasteiger partial charge in [-0.05, 0) is 51.8 Å². The van der Waals surface area contributed by atoms with Crippen LogP contribution in [0.1, 0.15) is 41.3 Å². The van der Waals surface area contributed by atoms with E-state index in [4.69, 9.17) is 0 Å². The third kappa shape index (κ3) is 3.82. The first-order valence-corrected chi connectivity index (χ1v) is 7.77. The molecule has 1 amide bonds. The van der Waals surface area contributed by atoms with Crippen molar-refractivity contribution in [2.45, 2.75) is 26.3 Å². The number of benzene rings is 2. The van der Waals surface area contributed by atoms with E-state index < -0.39 is 0 Å². The lowest BCUT2D eigenvalue weighted by atomic mass is 10.0. The Labute approximate surface area is 133 Å².